The van der Waals surface area contributed by atoms with Gasteiger partial charge >= 0.3 is 11.9 Å². The molecule has 28 heavy (non-hydrogen) atoms. The van der Waals surface area contributed by atoms with E-state index in [0.29, 0.717) is 18.4 Å². The molecule has 1 amide bonds. The van der Waals surface area contributed by atoms with Crippen LogP contribution in [0.3, 0.4) is 0 Å². The first-order valence-electron chi connectivity index (χ1n) is 9.46. The van der Waals surface area contributed by atoms with Gasteiger partial charge in [0.25, 0.3) is 5.91 Å². The van der Waals surface area contributed by atoms with Crippen LogP contribution in [-0.4, -0.2) is 52.4 Å². The first kappa shape index (κ1) is 20.1. The number of aromatic hydroxyl groups is 1. The molecule has 0 saturated carbocycles. The molecule has 1 saturated heterocycles. The molecule has 8 nitrogen and oxygen atoms in total. The molecule has 2 aliphatic heterocycles. The van der Waals surface area contributed by atoms with Gasteiger partial charge in [0.2, 0.25) is 0 Å². The largest absolute Gasteiger partial charge is 0.507 e. The highest BCUT2D eigenvalue weighted by atomic mass is 16.6. The number of aliphatic hydroxyl groups excluding tert-OH is 1. The van der Waals surface area contributed by atoms with Gasteiger partial charge in [-0.15, -0.1) is 0 Å². The Bertz CT molecular complexity index is 776. The summed E-state index contributed by atoms with van der Waals surface area (Å²) in [6.07, 6.45) is -1.66. The van der Waals surface area contributed by atoms with E-state index in [1.807, 2.05) is 13.8 Å². The summed E-state index contributed by atoms with van der Waals surface area (Å²) < 4.78 is 10.5. The topological polar surface area (TPSA) is 122 Å². The van der Waals surface area contributed by atoms with Crippen molar-refractivity contribution < 1.29 is 34.1 Å². The number of phenols is 1. The maximum absolute atomic E-state index is 12.5. The number of carbonyl (C=O) groups is 3. The fraction of sp³-hybridized carbons (Fsp3) is 0.550. The van der Waals surface area contributed by atoms with E-state index in [0.717, 1.165) is 0 Å². The summed E-state index contributed by atoms with van der Waals surface area (Å²) in [6.45, 7) is 3.94. The van der Waals surface area contributed by atoms with Gasteiger partial charge in [-0.3, -0.25) is 9.59 Å². The number of hydrogen-bond acceptors (Lipinski definition) is 7. The predicted octanol–water partition coefficient (Wildman–Crippen LogP) is 1.07. The lowest BCUT2D eigenvalue weighted by Crippen LogP contribution is -2.53. The van der Waals surface area contributed by atoms with Crippen LogP contribution in [0, 0.1) is 5.92 Å². The molecule has 0 radical (unpaired) electrons. The van der Waals surface area contributed by atoms with E-state index in [9.17, 15) is 24.6 Å². The van der Waals surface area contributed by atoms with E-state index in [-0.39, 0.29) is 30.1 Å². The number of benzene rings is 1. The summed E-state index contributed by atoms with van der Waals surface area (Å²) in [7, 11) is 0. The highest BCUT2D eigenvalue weighted by Crippen LogP contribution is 2.30. The third kappa shape index (κ3) is 4.27. The molecule has 4 unspecified atom stereocenters. The Balaban J connectivity index is 1.74. The second-order valence-corrected chi connectivity index (χ2v) is 7.72. The van der Waals surface area contributed by atoms with Crippen LogP contribution in [0.2, 0.25) is 0 Å². The Hall–Kier alpha value is -2.61. The summed E-state index contributed by atoms with van der Waals surface area (Å²) in [6, 6.07) is 4.29. The molecular formula is C20H25NO7. The minimum absolute atomic E-state index is 0.135. The number of phenolic OH excluding ortho intramolecular Hbond substituents is 1. The van der Waals surface area contributed by atoms with E-state index in [4.69, 9.17) is 9.47 Å². The maximum atomic E-state index is 12.5. The highest BCUT2D eigenvalue weighted by Gasteiger charge is 2.38. The van der Waals surface area contributed by atoms with Crippen molar-refractivity contribution in [1.29, 1.82) is 0 Å². The van der Waals surface area contributed by atoms with Crippen LogP contribution in [0.5, 0.6) is 5.75 Å². The van der Waals surface area contributed by atoms with Crippen LogP contribution in [0.15, 0.2) is 18.2 Å². The standard InChI is InChI=1S/C20H25NO7/c1-10(2)8-12(21-19(25)18(24)14-6-7-16(23)27-14)15-9-11-4-3-5-13(22)17(11)20(26)28-15/h3-5,10,12,14-15,18,22,24H,6-9H2,1-2H3,(H,21,25). The minimum atomic E-state index is -1.48. The first-order valence-corrected chi connectivity index (χ1v) is 9.46. The Labute approximate surface area is 162 Å². The second kappa shape index (κ2) is 8.18. The van der Waals surface area contributed by atoms with E-state index in [2.05, 4.69) is 5.32 Å². The lowest BCUT2D eigenvalue weighted by Gasteiger charge is -2.33. The molecule has 0 aliphatic carbocycles. The van der Waals surface area contributed by atoms with Crippen molar-refractivity contribution in [3.63, 3.8) is 0 Å². The van der Waals surface area contributed by atoms with Crippen LogP contribution in [-0.2, 0) is 25.5 Å². The molecule has 1 aromatic rings. The quantitative estimate of drug-likeness (QED) is 0.620. The number of carbonyl (C=O) groups excluding carboxylic acids is 3. The van der Waals surface area contributed by atoms with Gasteiger partial charge in [0.15, 0.2) is 6.10 Å². The molecule has 0 aromatic heterocycles. The zero-order valence-corrected chi connectivity index (χ0v) is 15.9. The molecular weight excluding hydrogens is 366 g/mol. The SMILES string of the molecule is CC(C)CC(NC(=O)C(O)C1CCC(=O)O1)C1Cc2cccc(O)c2C(=O)O1. The van der Waals surface area contributed by atoms with Crippen molar-refractivity contribution in [2.45, 2.75) is 63.9 Å². The summed E-state index contributed by atoms with van der Waals surface area (Å²) in [5, 5.41) is 22.9. The number of amides is 1. The van der Waals surface area contributed by atoms with Crippen LogP contribution in [0.4, 0.5) is 0 Å². The van der Waals surface area contributed by atoms with Crippen LogP contribution < -0.4 is 5.32 Å². The number of rotatable bonds is 6. The average Bonchev–Trinajstić information content (AvgIpc) is 3.06. The zero-order valence-electron chi connectivity index (χ0n) is 15.9. The molecule has 2 heterocycles. The highest BCUT2D eigenvalue weighted by molar-refractivity contribution is 5.95. The molecule has 0 spiro atoms. The third-order valence-corrected chi connectivity index (χ3v) is 5.05. The minimum Gasteiger partial charge on any atom is -0.507 e. The summed E-state index contributed by atoms with van der Waals surface area (Å²) in [5.41, 5.74) is 0.792. The molecule has 1 fully saturated rings. The molecule has 152 valence electrons. The maximum Gasteiger partial charge on any atom is 0.342 e. The van der Waals surface area contributed by atoms with E-state index in [1.54, 1.807) is 12.1 Å². The van der Waals surface area contributed by atoms with Crippen molar-refractivity contribution in [3.05, 3.63) is 29.3 Å². The monoisotopic (exact) mass is 391 g/mol. The van der Waals surface area contributed by atoms with Crippen molar-refractivity contribution in [1.82, 2.24) is 5.32 Å². The predicted molar refractivity (Wildman–Crippen MR) is 97.5 cm³/mol. The number of ether oxygens (including phenoxy) is 2. The lowest BCUT2D eigenvalue weighted by atomic mass is 9.90. The van der Waals surface area contributed by atoms with E-state index in [1.165, 1.54) is 6.07 Å². The number of hydrogen-bond donors (Lipinski definition) is 3. The molecule has 3 N–H and O–H groups in total. The van der Waals surface area contributed by atoms with Gasteiger partial charge in [0.1, 0.15) is 23.5 Å². The third-order valence-electron chi connectivity index (χ3n) is 5.05. The molecule has 3 rings (SSSR count). The fourth-order valence-electron chi connectivity index (χ4n) is 3.69. The molecule has 0 bridgehead atoms. The Morgan fingerprint density at radius 2 is 2.00 bits per heavy atom. The number of nitrogens with one attached hydrogen (secondary N) is 1. The molecule has 4 atom stereocenters. The smallest absolute Gasteiger partial charge is 0.342 e. The van der Waals surface area contributed by atoms with Gasteiger partial charge in [-0.05, 0) is 30.4 Å². The Morgan fingerprint density at radius 3 is 2.64 bits per heavy atom. The van der Waals surface area contributed by atoms with Crippen LogP contribution >= 0.6 is 0 Å². The molecule has 1 aromatic carbocycles. The number of esters is 2. The normalized spacial score (nSPS) is 23.6. The lowest BCUT2D eigenvalue weighted by molar-refractivity contribution is -0.150. The summed E-state index contributed by atoms with van der Waals surface area (Å²) in [4.78, 5) is 36.1. The second-order valence-electron chi connectivity index (χ2n) is 7.72. The number of cyclic esters (lactones) is 2. The van der Waals surface area contributed by atoms with Crippen molar-refractivity contribution in [2.24, 2.45) is 5.92 Å². The Kier molecular flexibility index (Phi) is 5.88. The van der Waals surface area contributed by atoms with Gasteiger partial charge in [-0.2, -0.15) is 0 Å². The summed E-state index contributed by atoms with van der Waals surface area (Å²) in [5.74, 6) is -1.69. The summed E-state index contributed by atoms with van der Waals surface area (Å²) >= 11 is 0. The van der Waals surface area contributed by atoms with Gasteiger partial charge in [0, 0.05) is 12.8 Å². The first-order chi connectivity index (χ1) is 13.3. The number of fused-ring (bicyclic) bond motifs is 1. The fourth-order valence-corrected chi connectivity index (χ4v) is 3.69. The average molecular weight is 391 g/mol. The van der Waals surface area contributed by atoms with Crippen molar-refractivity contribution in [3.8, 4) is 5.75 Å². The van der Waals surface area contributed by atoms with Gasteiger partial charge < -0.3 is 25.0 Å². The van der Waals surface area contributed by atoms with Gasteiger partial charge in [-0.1, -0.05) is 26.0 Å². The van der Waals surface area contributed by atoms with E-state index >= 15 is 0 Å². The van der Waals surface area contributed by atoms with Crippen LogP contribution in [0.1, 0.15) is 49.0 Å². The van der Waals surface area contributed by atoms with Gasteiger partial charge in [-0.25, -0.2) is 4.79 Å². The molecule has 8 heteroatoms. The Morgan fingerprint density at radius 1 is 1.25 bits per heavy atom. The molecule has 2 aliphatic rings. The number of aliphatic hydroxyl groups is 1. The van der Waals surface area contributed by atoms with Crippen LogP contribution in [0.25, 0.3) is 0 Å². The van der Waals surface area contributed by atoms with E-state index < -0.39 is 42.2 Å². The van der Waals surface area contributed by atoms with Crippen molar-refractivity contribution >= 4 is 17.8 Å². The van der Waals surface area contributed by atoms with Crippen molar-refractivity contribution in [2.75, 3.05) is 0 Å². The zero-order chi connectivity index (χ0) is 20.4. The van der Waals surface area contributed by atoms with Gasteiger partial charge in [0.05, 0.1) is 6.04 Å².